The van der Waals surface area contributed by atoms with Crippen molar-refractivity contribution in [2.75, 3.05) is 0 Å². The molecule has 0 atom stereocenters. The van der Waals surface area contributed by atoms with Crippen LogP contribution in [-0.2, 0) is 16.4 Å². The minimum absolute atomic E-state index is 0.148. The van der Waals surface area contributed by atoms with E-state index in [0.717, 1.165) is 24.2 Å². The van der Waals surface area contributed by atoms with Crippen molar-refractivity contribution in [3.05, 3.63) is 23.8 Å². The van der Waals surface area contributed by atoms with Gasteiger partial charge in [0.05, 0.1) is 4.90 Å². The van der Waals surface area contributed by atoms with Crippen LogP contribution in [0.15, 0.2) is 23.1 Å². The van der Waals surface area contributed by atoms with Gasteiger partial charge >= 0.3 is 0 Å². The highest BCUT2D eigenvalue weighted by molar-refractivity contribution is 7.89. The summed E-state index contributed by atoms with van der Waals surface area (Å²) in [5.41, 5.74) is 0.724. The second-order valence-electron chi connectivity index (χ2n) is 4.68. The summed E-state index contributed by atoms with van der Waals surface area (Å²) in [5, 5.41) is 5.07. The lowest BCUT2D eigenvalue weighted by molar-refractivity contribution is 0.0845. The third-order valence-corrected chi connectivity index (χ3v) is 3.65. The number of primary sulfonamides is 1. The fraction of sp³-hybridized carbons (Fsp3) is 0.455. The Morgan fingerprint density at radius 3 is 2.69 bits per heavy atom. The van der Waals surface area contributed by atoms with Gasteiger partial charge in [0.15, 0.2) is 0 Å². The average molecular weight is 241 g/mol. The lowest BCUT2D eigenvalue weighted by Gasteiger charge is -2.32. The Bertz CT molecular complexity index is 520. The van der Waals surface area contributed by atoms with E-state index in [0.29, 0.717) is 0 Å². The van der Waals surface area contributed by atoms with E-state index in [1.807, 2.05) is 13.8 Å². The second-order valence-corrected chi connectivity index (χ2v) is 6.24. The number of nitrogens with two attached hydrogens (primary N) is 1. The topological polar surface area (TPSA) is 69.4 Å². The molecule has 0 fully saturated rings. The molecule has 1 aliphatic rings. The Morgan fingerprint density at radius 2 is 2.06 bits per heavy atom. The zero-order valence-corrected chi connectivity index (χ0v) is 10.2. The highest BCUT2D eigenvalue weighted by atomic mass is 32.2. The van der Waals surface area contributed by atoms with Gasteiger partial charge in [-0.15, -0.1) is 0 Å². The number of hydrogen-bond acceptors (Lipinski definition) is 3. The zero-order valence-electron chi connectivity index (χ0n) is 9.36. The number of sulfonamides is 1. The van der Waals surface area contributed by atoms with Gasteiger partial charge in [-0.2, -0.15) is 0 Å². The molecular formula is C11H15NO3S. The normalized spacial score (nSPS) is 18.7. The van der Waals surface area contributed by atoms with E-state index in [1.54, 1.807) is 12.1 Å². The molecule has 16 heavy (non-hydrogen) atoms. The van der Waals surface area contributed by atoms with Crippen LogP contribution in [0, 0.1) is 0 Å². The lowest BCUT2D eigenvalue weighted by Crippen LogP contribution is -2.32. The fourth-order valence-electron chi connectivity index (χ4n) is 1.81. The van der Waals surface area contributed by atoms with Gasteiger partial charge in [-0.05, 0) is 50.5 Å². The van der Waals surface area contributed by atoms with Gasteiger partial charge in [-0.25, -0.2) is 13.6 Å². The standard InChI is InChI=1S/C11H15NO3S/c1-11(2)6-5-8-7-9(16(12,13)14)3-4-10(8)15-11/h3-4,7H,5-6H2,1-2H3,(H2,12,13,14). The molecule has 88 valence electrons. The highest BCUT2D eigenvalue weighted by Gasteiger charge is 2.27. The maximum atomic E-state index is 11.2. The molecule has 0 aliphatic carbocycles. The molecule has 5 heteroatoms. The van der Waals surface area contributed by atoms with Gasteiger partial charge in [0.25, 0.3) is 0 Å². The summed E-state index contributed by atoms with van der Waals surface area (Å²) in [7, 11) is -3.62. The Hall–Kier alpha value is -1.07. The Labute approximate surface area is 95.5 Å². The number of aryl methyl sites for hydroxylation is 1. The second kappa shape index (κ2) is 3.46. The van der Waals surface area contributed by atoms with E-state index in [2.05, 4.69) is 0 Å². The molecule has 0 bridgehead atoms. The van der Waals surface area contributed by atoms with Gasteiger partial charge in [-0.1, -0.05) is 0 Å². The van der Waals surface area contributed by atoms with E-state index in [1.165, 1.54) is 6.07 Å². The molecule has 4 nitrogen and oxygen atoms in total. The van der Waals surface area contributed by atoms with Crippen molar-refractivity contribution in [1.82, 2.24) is 0 Å². The SMILES string of the molecule is CC1(C)CCc2cc(S(N)(=O)=O)ccc2O1. The Kier molecular flexibility index (Phi) is 2.47. The summed E-state index contributed by atoms with van der Waals surface area (Å²) in [4.78, 5) is 0.148. The highest BCUT2D eigenvalue weighted by Crippen LogP contribution is 2.33. The lowest BCUT2D eigenvalue weighted by atomic mass is 9.94. The molecule has 1 aliphatic heterocycles. The molecule has 1 aromatic rings. The molecule has 2 N–H and O–H groups in total. The summed E-state index contributed by atoms with van der Waals surface area (Å²) >= 11 is 0. The van der Waals surface area contributed by atoms with Crippen LogP contribution in [0.5, 0.6) is 5.75 Å². The first kappa shape index (κ1) is 11.4. The first-order valence-electron chi connectivity index (χ1n) is 5.13. The molecule has 0 saturated heterocycles. The van der Waals surface area contributed by atoms with Gasteiger partial charge in [0.2, 0.25) is 10.0 Å². The van der Waals surface area contributed by atoms with Gasteiger partial charge in [0, 0.05) is 0 Å². The fourth-order valence-corrected chi connectivity index (χ4v) is 2.38. The Balaban J connectivity index is 2.43. The number of rotatable bonds is 1. The first-order chi connectivity index (χ1) is 7.28. The monoisotopic (exact) mass is 241 g/mol. The van der Waals surface area contributed by atoms with Crippen molar-refractivity contribution in [2.45, 2.75) is 37.2 Å². The first-order valence-corrected chi connectivity index (χ1v) is 6.67. The molecule has 0 unspecified atom stereocenters. The zero-order chi connectivity index (χ0) is 12.0. The van der Waals surface area contributed by atoms with Crippen molar-refractivity contribution in [2.24, 2.45) is 5.14 Å². The maximum Gasteiger partial charge on any atom is 0.238 e. The number of ether oxygens (including phenoxy) is 1. The third-order valence-electron chi connectivity index (χ3n) is 2.74. The van der Waals surface area contributed by atoms with E-state index < -0.39 is 10.0 Å². The van der Waals surface area contributed by atoms with Crippen molar-refractivity contribution in [1.29, 1.82) is 0 Å². The molecule has 0 amide bonds. The van der Waals surface area contributed by atoms with Crippen LogP contribution in [-0.4, -0.2) is 14.0 Å². The largest absolute Gasteiger partial charge is 0.488 e. The number of benzene rings is 1. The summed E-state index contributed by atoms with van der Waals surface area (Å²) in [5.74, 6) is 0.753. The summed E-state index contributed by atoms with van der Waals surface area (Å²) in [6.07, 6.45) is 1.68. The third kappa shape index (κ3) is 2.20. The molecule has 0 spiro atoms. The predicted octanol–water partition coefficient (Wildman–Crippen LogP) is 1.44. The van der Waals surface area contributed by atoms with Crippen molar-refractivity contribution < 1.29 is 13.2 Å². The van der Waals surface area contributed by atoms with Crippen LogP contribution in [0.3, 0.4) is 0 Å². The molecule has 1 aromatic carbocycles. The molecular weight excluding hydrogens is 226 g/mol. The van der Waals surface area contributed by atoms with Crippen LogP contribution in [0.4, 0.5) is 0 Å². The van der Waals surface area contributed by atoms with Gasteiger partial charge in [-0.3, -0.25) is 0 Å². The van der Waals surface area contributed by atoms with E-state index in [-0.39, 0.29) is 10.5 Å². The minimum Gasteiger partial charge on any atom is -0.488 e. The van der Waals surface area contributed by atoms with Gasteiger partial charge in [0.1, 0.15) is 11.4 Å². The molecule has 0 saturated carbocycles. The van der Waals surface area contributed by atoms with Crippen LogP contribution >= 0.6 is 0 Å². The van der Waals surface area contributed by atoms with Crippen molar-refractivity contribution >= 4 is 10.0 Å². The smallest absolute Gasteiger partial charge is 0.238 e. The molecule has 0 aromatic heterocycles. The van der Waals surface area contributed by atoms with Crippen LogP contribution in [0.1, 0.15) is 25.8 Å². The molecule has 1 heterocycles. The van der Waals surface area contributed by atoms with Crippen LogP contribution in [0.2, 0.25) is 0 Å². The summed E-state index contributed by atoms with van der Waals surface area (Å²) in [6, 6.07) is 4.76. The molecule has 0 radical (unpaired) electrons. The average Bonchev–Trinajstić information content (AvgIpc) is 2.14. The van der Waals surface area contributed by atoms with E-state index in [4.69, 9.17) is 9.88 Å². The maximum absolute atomic E-state index is 11.2. The van der Waals surface area contributed by atoms with Crippen molar-refractivity contribution in [3.63, 3.8) is 0 Å². The van der Waals surface area contributed by atoms with E-state index in [9.17, 15) is 8.42 Å². The minimum atomic E-state index is -3.62. The quantitative estimate of drug-likeness (QED) is 0.808. The summed E-state index contributed by atoms with van der Waals surface area (Å²) in [6.45, 7) is 4.03. The summed E-state index contributed by atoms with van der Waals surface area (Å²) < 4.78 is 28.1. The van der Waals surface area contributed by atoms with Crippen molar-refractivity contribution in [3.8, 4) is 5.75 Å². The van der Waals surface area contributed by atoms with E-state index >= 15 is 0 Å². The van der Waals surface area contributed by atoms with Gasteiger partial charge < -0.3 is 4.74 Å². The molecule has 2 rings (SSSR count). The predicted molar refractivity (Wildman–Crippen MR) is 60.8 cm³/mol. The number of fused-ring (bicyclic) bond motifs is 1. The van der Waals surface area contributed by atoms with Crippen LogP contribution in [0.25, 0.3) is 0 Å². The van der Waals surface area contributed by atoms with Crippen LogP contribution < -0.4 is 9.88 Å². The Morgan fingerprint density at radius 1 is 1.38 bits per heavy atom. The number of hydrogen-bond donors (Lipinski definition) is 1.